The van der Waals surface area contributed by atoms with E-state index in [4.69, 9.17) is 15.2 Å². The van der Waals surface area contributed by atoms with E-state index < -0.39 is 5.97 Å². The lowest BCUT2D eigenvalue weighted by atomic mass is 10.2. The minimum atomic E-state index is -0.409. The van der Waals surface area contributed by atoms with Crippen molar-refractivity contribution in [3.63, 3.8) is 0 Å². The van der Waals surface area contributed by atoms with Crippen molar-refractivity contribution in [2.24, 2.45) is 0 Å². The van der Waals surface area contributed by atoms with Gasteiger partial charge in [0.1, 0.15) is 5.56 Å². The molecule has 1 aromatic rings. The molecule has 0 amide bonds. The van der Waals surface area contributed by atoms with Crippen molar-refractivity contribution in [3.8, 4) is 5.75 Å². The number of benzene rings is 1. The van der Waals surface area contributed by atoms with Gasteiger partial charge in [0.2, 0.25) is 0 Å². The topological polar surface area (TPSA) is 61.5 Å². The third kappa shape index (κ3) is 2.62. The number of carbonyl (C=O) groups excluding carboxylic acids is 1. The second kappa shape index (κ2) is 5.24. The van der Waals surface area contributed by atoms with Crippen LogP contribution >= 0.6 is 0 Å². The van der Waals surface area contributed by atoms with Crippen molar-refractivity contribution in [3.05, 3.63) is 23.8 Å². The van der Waals surface area contributed by atoms with Crippen LogP contribution in [-0.2, 0) is 4.74 Å². The van der Waals surface area contributed by atoms with Gasteiger partial charge in [-0.15, -0.1) is 0 Å². The highest BCUT2D eigenvalue weighted by atomic mass is 16.5. The summed E-state index contributed by atoms with van der Waals surface area (Å²) in [7, 11) is 0. The molecule has 15 heavy (non-hydrogen) atoms. The molecule has 0 aromatic heterocycles. The number of anilines is 1. The van der Waals surface area contributed by atoms with Gasteiger partial charge in [0, 0.05) is 0 Å². The molecule has 0 heterocycles. The zero-order chi connectivity index (χ0) is 11.3. The second-order valence-corrected chi connectivity index (χ2v) is 2.88. The Balaban J connectivity index is 3.04. The summed E-state index contributed by atoms with van der Waals surface area (Å²) in [5.41, 5.74) is 6.53. The van der Waals surface area contributed by atoms with Crippen molar-refractivity contribution >= 4 is 11.7 Å². The smallest absolute Gasteiger partial charge is 0.341 e. The number of carbonyl (C=O) groups is 1. The fourth-order valence-electron chi connectivity index (χ4n) is 1.23. The summed E-state index contributed by atoms with van der Waals surface area (Å²) in [6.45, 7) is 4.38. The molecule has 0 unspecified atom stereocenters. The average Bonchev–Trinajstić information content (AvgIpc) is 2.21. The van der Waals surface area contributed by atoms with E-state index >= 15 is 0 Å². The summed E-state index contributed by atoms with van der Waals surface area (Å²) in [6.07, 6.45) is 0. The molecular formula is C11H15NO3. The number of hydrogen-bond donors (Lipinski definition) is 1. The van der Waals surface area contributed by atoms with Gasteiger partial charge in [0.25, 0.3) is 0 Å². The zero-order valence-corrected chi connectivity index (χ0v) is 8.95. The third-order valence-corrected chi connectivity index (χ3v) is 1.83. The highest BCUT2D eigenvalue weighted by Gasteiger charge is 2.15. The molecule has 0 saturated heterocycles. The fourth-order valence-corrected chi connectivity index (χ4v) is 1.23. The van der Waals surface area contributed by atoms with E-state index in [0.717, 1.165) is 0 Å². The van der Waals surface area contributed by atoms with Crippen LogP contribution in [0.5, 0.6) is 5.75 Å². The Bertz CT molecular complexity index is 350. The van der Waals surface area contributed by atoms with Crippen LogP contribution in [0.3, 0.4) is 0 Å². The van der Waals surface area contributed by atoms with Gasteiger partial charge >= 0.3 is 5.97 Å². The van der Waals surface area contributed by atoms with E-state index in [1.807, 2.05) is 6.92 Å². The van der Waals surface area contributed by atoms with Crippen LogP contribution in [0.25, 0.3) is 0 Å². The first-order valence-corrected chi connectivity index (χ1v) is 4.89. The lowest BCUT2D eigenvalue weighted by Crippen LogP contribution is -2.09. The molecule has 82 valence electrons. The molecule has 0 atom stereocenters. The summed E-state index contributed by atoms with van der Waals surface area (Å²) in [5.74, 6) is -0.00769. The lowest BCUT2D eigenvalue weighted by molar-refractivity contribution is 0.0522. The Morgan fingerprint density at radius 2 is 2.07 bits per heavy atom. The van der Waals surface area contributed by atoms with Crippen LogP contribution in [0, 0.1) is 0 Å². The fraction of sp³-hybridized carbons (Fsp3) is 0.364. The molecule has 0 fully saturated rings. The first-order chi connectivity index (χ1) is 7.20. The molecule has 4 nitrogen and oxygen atoms in total. The first-order valence-electron chi connectivity index (χ1n) is 4.89. The zero-order valence-electron chi connectivity index (χ0n) is 8.95. The molecule has 0 aliphatic heterocycles. The number of nitrogen functional groups attached to an aromatic ring is 1. The summed E-state index contributed by atoms with van der Waals surface area (Å²) < 4.78 is 10.2. The number of hydrogen-bond acceptors (Lipinski definition) is 4. The molecular weight excluding hydrogens is 194 g/mol. The minimum absolute atomic E-state index is 0.333. The van der Waals surface area contributed by atoms with E-state index in [2.05, 4.69) is 0 Å². The maximum absolute atomic E-state index is 11.5. The Morgan fingerprint density at radius 1 is 1.33 bits per heavy atom. The highest BCUT2D eigenvalue weighted by Crippen LogP contribution is 2.26. The first kappa shape index (κ1) is 11.4. The summed E-state index contributed by atoms with van der Waals surface area (Å²) in [6, 6.07) is 5.02. The molecule has 0 aliphatic rings. The standard InChI is InChI=1S/C11H15NO3/c1-3-14-10-8(11(13)15-4-2)6-5-7-9(10)12/h5-7H,3-4,12H2,1-2H3. The van der Waals surface area contributed by atoms with Gasteiger partial charge in [0.05, 0.1) is 18.9 Å². The monoisotopic (exact) mass is 209 g/mol. The molecule has 0 saturated carbocycles. The van der Waals surface area contributed by atoms with Crippen LogP contribution < -0.4 is 10.5 Å². The highest BCUT2D eigenvalue weighted by molar-refractivity contribution is 5.94. The maximum atomic E-state index is 11.5. The number of rotatable bonds is 4. The Kier molecular flexibility index (Phi) is 3.97. The normalized spacial score (nSPS) is 9.73. The van der Waals surface area contributed by atoms with Gasteiger partial charge in [-0.2, -0.15) is 0 Å². The van der Waals surface area contributed by atoms with Crippen LogP contribution in [0.2, 0.25) is 0 Å². The number of ether oxygens (including phenoxy) is 2. The minimum Gasteiger partial charge on any atom is -0.491 e. The van der Waals surface area contributed by atoms with Crippen LogP contribution in [0.4, 0.5) is 5.69 Å². The molecule has 1 aromatic carbocycles. The average molecular weight is 209 g/mol. The molecule has 0 radical (unpaired) electrons. The predicted molar refractivity (Wildman–Crippen MR) is 58.0 cm³/mol. The number of nitrogens with two attached hydrogens (primary N) is 1. The van der Waals surface area contributed by atoms with E-state index in [1.54, 1.807) is 25.1 Å². The van der Waals surface area contributed by atoms with Crippen molar-refractivity contribution in [1.82, 2.24) is 0 Å². The molecule has 1 rings (SSSR count). The third-order valence-electron chi connectivity index (χ3n) is 1.83. The van der Waals surface area contributed by atoms with Crippen molar-refractivity contribution < 1.29 is 14.3 Å². The van der Waals surface area contributed by atoms with Crippen LogP contribution in [0.1, 0.15) is 24.2 Å². The van der Waals surface area contributed by atoms with E-state index in [-0.39, 0.29) is 0 Å². The predicted octanol–water partition coefficient (Wildman–Crippen LogP) is 1.84. The lowest BCUT2D eigenvalue weighted by Gasteiger charge is -2.11. The van der Waals surface area contributed by atoms with E-state index in [1.165, 1.54) is 0 Å². The van der Waals surface area contributed by atoms with Crippen LogP contribution in [-0.4, -0.2) is 19.2 Å². The van der Waals surface area contributed by atoms with Gasteiger partial charge in [-0.05, 0) is 26.0 Å². The summed E-state index contributed by atoms with van der Waals surface area (Å²) in [5, 5.41) is 0. The van der Waals surface area contributed by atoms with E-state index in [0.29, 0.717) is 30.2 Å². The molecule has 0 spiro atoms. The Hall–Kier alpha value is -1.71. The Morgan fingerprint density at radius 3 is 2.67 bits per heavy atom. The van der Waals surface area contributed by atoms with Gasteiger partial charge < -0.3 is 15.2 Å². The van der Waals surface area contributed by atoms with Crippen LogP contribution in [0.15, 0.2) is 18.2 Å². The molecule has 0 aliphatic carbocycles. The van der Waals surface area contributed by atoms with Gasteiger partial charge in [0.15, 0.2) is 5.75 Å². The Labute approximate surface area is 89.0 Å². The quantitative estimate of drug-likeness (QED) is 0.607. The molecule has 0 bridgehead atoms. The van der Waals surface area contributed by atoms with Crippen molar-refractivity contribution in [1.29, 1.82) is 0 Å². The van der Waals surface area contributed by atoms with Gasteiger partial charge in [-0.25, -0.2) is 4.79 Å². The van der Waals surface area contributed by atoms with Gasteiger partial charge in [-0.3, -0.25) is 0 Å². The summed E-state index contributed by atoms with van der Waals surface area (Å²) in [4.78, 5) is 11.5. The molecule has 2 N–H and O–H groups in total. The second-order valence-electron chi connectivity index (χ2n) is 2.88. The molecule has 4 heteroatoms. The summed E-state index contributed by atoms with van der Waals surface area (Å²) >= 11 is 0. The number of esters is 1. The van der Waals surface area contributed by atoms with E-state index in [9.17, 15) is 4.79 Å². The van der Waals surface area contributed by atoms with Crippen molar-refractivity contribution in [2.75, 3.05) is 18.9 Å². The van der Waals surface area contributed by atoms with Gasteiger partial charge in [-0.1, -0.05) is 6.07 Å². The maximum Gasteiger partial charge on any atom is 0.341 e. The van der Waals surface area contributed by atoms with Crippen molar-refractivity contribution in [2.45, 2.75) is 13.8 Å². The SMILES string of the molecule is CCOC(=O)c1cccc(N)c1OCC. The largest absolute Gasteiger partial charge is 0.491 e. The number of para-hydroxylation sites is 1.